The molecule has 0 bridgehead atoms. The smallest absolute Gasteiger partial charge is 0.249 e. The fourth-order valence-corrected chi connectivity index (χ4v) is 4.30. The Balaban J connectivity index is 1.84. The van der Waals surface area contributed by atoms with E-state index in [0.29, 0.717) is 22.6 Å². The maximum absolute atomic E-state index is 14.4. The first kappa shape index (κ1) is 30.1. The van der Waals surface area contributed by atoms with Gasteiger partial charge in [-0.25, -0.2) is 22.9 Å². The van der Waals surface area contributed by atoms with Crippen LogP contribution in [0.2, 0.25) is 0 Å². The number of guanidine groups is 1. The summed E-state index contributed by atoms with van der Waals surface area (Å²) in [4.78, 5) is 29.8. The number of sulfonamides is 1. The highest BCUT2D eigenvalue weighted by Gasteiger charge is 2.22. The number of benzene rings is 3. The molecule has 0 saturated carbocycles. The molecule has 0 spiro atoms. The predicted octanol–water partition coefficient (Wildman–Crippen LogP) is 2.02. The maximum Gasteiger partial charge on any atom is 0.249 e. The average molecular weight is 572 g/mol. The fraction of sp³-hybridized carbons (Fsp3) is 0.222. The number of primary sulfonamides is 1. The van der Waals surface area contributed by atoms with Crippen LogP contribution in [0.5, 0.6) is 11.5 Å². The number of nitrogens with two attached hydrogens (primary N) is 2. The molecule has 0 saturated heterocycles. The first-order chi connectivity index (χ1) is 18.9. The largest absolute Gasteiger partial charge is 0.493 e. The van der Waals surface area contributed by atoms with Crippen molar-refractivity contribution in [1.29, 1.82) is 0 Å². The van der Waals surface area contributed by atoms with Crippen LogP contribution in [-0.4, -0.2) is 46.5 Å². The number of aliphatic imine (C=N–C) groups is 1. The lowest BCUT2D eigenvalue weighted by atomic mass is 10.0. The second-order valence-corrected chi connectivity index (χ2v) is 10.3. The highest BCUT2D eigenvalue weighted by molar-refractivity contribution is 7.89. The molecule has 40 heavy (non-hydrogen) atoms. The van der Waals surface area contributed by atoms with Crippen LogP contribution < -0.4 is 31.0 Å². The lowest BCUT2D eigenvalue weighted by molar-refractivity contribution is -0.119. The summed E-state index contributed by atoms with van der Waals surface area (Å²) in [5.41, 5.74) is 7.47. The summed E-state index contributed by atoms with van der Waals surface area (Å²) >= 11 is 0. The third-order valence-corrected chi connectivity index (χ3v) is 6.76. The summed E-state index contributed by atoms with van der Waals surface area (Å²) in [6.07, 6.45) is -0.279. The Hall–Kier alpha value is -4.49. The van der Waals surface area contributed by atoms with E-state index < -0.39 is 33.7 Å². The molecular weight excluding hydrogens is 541 g/mol. The van der Waals surface area contributed by atoms with Crippen molar-refractivity contribution in [3.8, 4) is 11.5 Å². The molecule has 3 aromatic rings. The van der Waals surface area contributed by atoms with E-state index >= 15 is 0 Å². The molecule has 0 aliphatic rings. The monoisotopic (exact) mass is 571 g/mol. The summed E-state index contributed by atoms with van der Waals surface area (Å²) in [5, 5.41) is 10.2. The van der Waals surface area contributed by atoms with Gasteiger partial charge in [0.2, 0.25) is 21.8 Å². The number of ether oxygens (including phenoxy) is 2. The van der Waals surface area contributed by atoms with Gasteiger partial charge in [-0.2, -0.15) is 0 Å². The summed E-state index contributed by atoms with van der Waals surface area (Å²) in [6, 6.07) is 13.5. The van der Waals surface area contributed by atoms with Crippen LogP contribution in [0, 0.1) is 12.7 Å². The number of carbonyl (C=O) groups is 2. The van der Waals surface area contributed by atoms with Gasteiger partial charge >= 0.3 is 0 Å². The Morgan fingerprint density at radius 2 is 1.73 bits per heavy atom. The first-order valence-corrected chi connectivity index (χ1v) is 13.5. The number of aryl methyl sites for hydroxylation is 1. The molecule has 1 atom stereocenters. The Morgan fingerprint density at radius 1 is 1.02 bits per heavy atom. The third kappa shape index (κ3) is 8.01. The van der Waals surface area contributed by atoms with Crippen molar-refractivity contribution in [2.24, 2.45) is 15.9 Å². The molecule has 0 heterocycles. The molecule has 0 aliphatic carbocycles. The maximum atomic E-state index is 14.4. The number of methoxy groups -OCH3 is 2. The molecule has 0 unspecified atom stereocenters. The minimum absolute atomic E-state index is 0.0830. The van der Waals surface area contributed by atoms with Gasteiger partial charge in [-0.05, 0) is 53.9 Å². The van der Waals surface area contributed by atoms with E-state index in [2.05, 4.69) is 15.6 Å². The molecule has 2 amide bonds. The zero-order valence-corrected chi connectivity index (χ0v) is 22.9. The lowest BCUT2D eigenvalue weighted by Gasteiger charge is -2.17. The first-order valence-electron chi connectivity index (χ1n) is 11.9. The molecule has 3 rings (SSSR count). The number of carbonyl (C=O) groups excluding carboxylic acids is 2. The third-order valence-electron chi connectivity index (χ3n) is 5.84. The molecule has 0 radical (unpaired) electrons. The second kappa shape index (κ2) is 13.0. The number of halogens is 1. The summed E-state index contributed by atoms with van der Waals surface area (Å²) in [5.74, 6) is -1.21. The van der Waals surface area contributed by atoms with Crippen LogP contribution >= 0.6 is 0 Å². The SMILES string of the molecule is COc1ccc(CC(=O)NC(N)=N[C@H](Cc2ccccc2F)C(=O)Nc2cc(S(N)(=O)=O)ccc2C)cc1OC. The zero-order chi connectivity index (χ0) is 29.4. The molecule has 0 aromatic heterocycles. The minimum atomic E-state index is -4.03. The summed E-state index contributed by atoms with van der Waals surface area (Å²) in [6.45, 7) is 1.65. The molecule has 11 nitrogen and oxygen atoms in total. The van der Waals surface area contributed by atoms with E-state index in [0.717, 1.165) is 0 Å². The molecule has 0 aliphatic heterocycles. The van der Waals surface area contributed by atoms with Crippen LogP contribution in [0.4, 0.5) is 10.1 Å². The normalized spacial score (nSPS) is 12.4. The second-order valence-electron chi connectivity index (χ2n) is 8.75. The molecule has 212 valence electrons. The molecule has 0 fully saturated rings. The van der Waals surface area contributed by atoms with E-state index in [-0.39, 0.29) is 34.9 Å². The van der Waals surface area contributed by atoms with Gasteiger partial charge in [0.15, 0.2) is 17.5 Å². The van der Waals surface area contributed by atoms with Crippen molar-refractivity contribution < 1.29 is 31.9 Å². The highest BCUT2D eigenvalue weighted by Crippen LogP contribution is 2.27. The molecule has 6 N–H and O–H groups in total. The Kier molecular flexibility index (Phi) is 9.80. The van der Waals surface area contributed by atoms with Gasteiger partial charge in [-0.3, -0.25) is 14.9 Å². The minimum Gasteiger partial charge on any atom is -0.493 e. The van der Waals surface area contributed by atoms with E-state index in [1.165, 1.54) is 50.6 Å². The standard InChI is InChI=1S/C27H30FN5O6S/c1-16-8-10-19(40(30,36)37)15-21(16)31-26(35)22(14-18-6-4-5-7-20(18)28)32-27(29)33-25(34)13-17-9-11-23(38-2)24(12-17)39-3/h4-12,15,22H,13-14H2,1-3H3,(H,31,35)(H2,30,36,37)(H3,29,32,33,34)/t22-/m1/s1. The van der Waals surface area contributed by atoms with E-state index in [1.54, 1.807) is 31.2 Å². The van der Waals surface area contributed by atoms with E-state index in [1.807, 2.05) is 0 Å². The number of rotatable bonds is 10. The Morgan fingerprint density at radius 3 is 2.38 bits per heavy atom. The fourth-order valence-electron chi connectivity index (χ4n) is 3.76. The average Bonchev–Trinajstić information content (AvgIpc) is 2.89. The van der Waals surface area contributed by atoms with Gasteiger partial charge in [0.25, 0.3) is 0 Å². The quantitative estimate of drug-likeness (QED) is 0.213. The number of hydrogen-bond acceptors (Lipinski definition) is 7. The Labute approximate surface area is 231 Å². The number of nitrogens with zero attached hydrogens (tertiary/aromatic N) is 1. The van der Waals surface area contributed by atoms with Crippen molar-refractivity contribution in [3.63, 3.8) is 0 Å². The molecular formula is C27H30FN5O6S. The van der Waals surface area contributed by atoms with Crippen molar-refractivity contribution in [1.82, 2.24) is 5.32 Å². The van der Waals surface area contributed by atoms with Gasteiger partial charge < -0.3 is 20.5 Å². The van der Waals surface area contributed by atoms with Crippen LogP contribution in [0.15, 0.2) is 70.6 Å². The topological polar surface area (TPSA) is 175 Å². The van der Waals surface area contributed by atoms with Crippen molar-refractivity contribution in [2.45, 2.75) is 30.7 Å². The van der Waals surface area contributed by atoms with Gasteiger partial charge in [-0.1, -0.05) is 30.3 Å². The summed E-state index contributed by atoms with van der Waals surface area (Å²) < 4.78 is 48.4. The van der Waals surface area contributed by atoms with Gasteiger partial charge in [0.1, 0.15) is 11.9 Å². The number of anilines is 1. The van der Waals surface area contributed by atoms with Crippen LogP contribution in [0.25, 0.3) is 0 Å². The van der Waals surface area contributed by atoms with E-state index in [4.69, 9.17) is 20.3 Å². The highest BCUT2D eigenvalue weighted by atomic mass is 32.2. The van der Waals surface area contributed by atoms with E-state index in [9.17, 15) is 22.4 Å². The molecule has 13 heteroatoms. The zero-order valence-electron chi connectivity index (χ0n) is 22.1. The lowest BCUT2D eigenvalue weighted by Crippen LogP contribution is -2.40. The molecule has 3 aromatic carbocycles. The van der Waals surface area contributed by atoms with Crippen LogP contribution in [0.1, 0.15) is 16.7 Å². The Bertz CT molecular complexity index is 1540. The van der Waals surface area contributed by atoms with Gasteiger partial charge in [-0.15, -0.1) is 0 Å². The van der Waals surface area contributed by atoms with Crippen LogP contribution in [-0.2, 0) is 32.5 Å². The van der Waals surface area contributed by atoms with Gasteiger partial charge in [0.05, 0.1) is 25.5 Å². The van der Waals surface area contributed by atoms with Crippen molar-refractivity contribution >= 4 is 33.5 Å². The number of nitrogens with one attached hydrogen (secondary N) is 2. The van der Waals surface area contributed by atoms with Crippen LogP contribution in [0.3, 0.4) is 0 Å². The van der Waals surface area contributed by atoms with Crippen molar-refractivity contribution in [2.75, 3.05) is 19.5 Å². The van der Waals surface area contributed by atoms with Gasteiger partial charge in [0, 0.05) is 12.1 Å². The predicted molar refractivity (Wildman–Crippen MR) is 148 cm³/mol. The number of hydrogen-bond donors (Lipinski definition) is 4. The number of amides is 2. The van der Waals surface area contributed by atoms with Crippen molar-refractivity contribution in [3.05, 3.63) is 83.2 Å². The summed E-state index contributed by atoms with van der Waals surface area (Å²) in [7, 11) is -1.06.